The molecule has 0 radical (unpaired) electrons. The maximum absolute atomic E-state index is 8.77. The zero-order chi connectivity index (χ0) is 12.8. The molecule has 18 heavy (non-hydrogen) atoms. The fraction of sp³-hybridized carbons (Fsp3) is 0.600. The molecule has 1 aromatic heterocycles. The predicted octanol–water partition coefficient (Wildman–Crippen LogP) is 2.86. The zero-order valence-electron chi connectivity index (χ0n) is 11.0. The van der Waals surface area contributed by atoms with Gasteiger partial charge in [-0.3, -0.25) is 4.90 Å². The molecule has 0 atom stereocenters. The first-order chi connectivity index (χ1) is 8.85. The normalized spacial score (nSPS) is 14.6. The molecule has 0 unspecified atom stereocenters. The first-order valence-corrected chi connectivity index (χ1v) is 7.63. The molecule has 2 nitrogen and oxygen atoms in total. The smallest absolute Gasteiger partial charge is 0.104 e. The Bertz CT molecular complexity index is 425. The fourth-order valence-electron chi connectivity index (χ4n) is 2.09. The standard InChI is InChI=1S/C15H21NOS/c1-2-3-9-16(14-6-7-14)12-15-13(5-4-10-17)8-11-18-15/h8,11,14,17H,2-3,6-7,9-10,12H2,1H3. The van der Waals surface area contributed by atoms with Gasteiger partial charge in [0.25, 0.3) is 0 Å². The minimum Gasteiger partial charge on any atom is -0.384 e. The van der Waals surface area contributed by atoms with Crippen LogP contribution in [0.25, 0.3) is 0 Å². The first-order valence-electron chi connectivity index (χ1n) is 6.75. The highest BCUT2D eigenvalue weighted by atomic mass is 32.1. The summed E-state index contributed by atoms with van der Waals surface area (Å²) in [7, 11) is 0. The number of aliphatic hydroxyl groups excluding tert-OH is 1. The Morgan fingerprint density at radius 2 is 2.33 bits per heavy atom. The average Bonchev–Trinajstić information content (AvgIpc) is 3.13. The van der Waals surface area contributed by atoms with Crippen LogP contribution < -0.4 is 0 Å². The molecule has 1 N–H and O–H groups in total. The lowest BCUT2D eigenvalue weighted by Gasteiger charge is -2.21. The van der Waals surface area contributed by atoms with Gasteiger partial charge in [0.05, 0.1) is 0 Å². The highest BCUT2D eigenvalue weighted by Crippen LogP contribution is 2.30. The van der Waals surface area contributed by atoms with Gasteiger partial charge in [0.1, 0.15) is 6.61 Å². The number of hydrogen-bond acceptors (Lipinski definition) is 3. The van der Waals surface area contributed by atoms with Gasteiger partial charge in [0.15, 0.2) is 0 Å². The molecule has 1 aliphatic carbocycles. The van der Waals surface area contributed by atoms with Gasteiger partial charge in [-0.1, -0.05) is 25.2 Å². The summed E-state index contributed by atoms with van der Waals surface area (Å²) in [6.07, 6.45) is 5.24. The maximum Gasteiger partial charge on any atom is 0.104 e. The Labute approximate surface area is 114 Å². The van der Waals surface area contributed by atoms with Crippen LogP contribution in [0, 0.1) is 11.8 Å². The topological polar surface area (TPSA) is 23.5 Å². The molecular formula is C15H21NOS. The van der Waals surface area contributed by atoms with Gasteiger partial charge in [-0.05, 0) is 37.3 Å². The summed E-state index contributed by atoms with van der Waals surface area (Å²) in [5, 5.41) is 10.9. The van der Waals surface area contributed by atoms with Crippen LogP contribution in [0.15, 0.2) is 11.4 Å². The van der Waals surface area contributed by atoms with E-state index in [1.165, 1.54) is 37.1 Å². The van der Waals surface area contributed by atoms with E-state index >= 15 is 0 Å². The Morgan fingerprint density at radius 3 is 3.00 bits per heavy atom. The van der Waals surface area contributed by atoms with Crippen molar-refractivity contribution in [3.05, 3.63) is 21.9 Å². The number of unbranched alkanes of at least 4 members (excludes halogenated alkanes) is 1. The van der Waals surface area contributed by atoms with Crippen LogP contribution in [-0.2, 0) is 6.54 Å². The van der Waals surface area contributed by atoms with Gasteiger partial charge in [-0.15, -0.1) is 11.3 Å². The van der Waals surface area contributed by atoms with Crippen LogP contribution >= 0.6 is 11.3 Å². The quantitative estimate of drug-likeness (QED) is 0.798. The molecule has 0 bridgehead atoms. The van der Waals surface area contributed by atoms with E-state index in [0.29, 0.717) is 0 Å². The van der Waals surface area contributed by atoms with Crippen LogP contribution in [0.3, 0.4) is 0 Å². The molecule has 0 saturated heterocycles. The van der Waals surface area contributed by atoms with Crippen LogP contribution in [-0.4, -0.2) is 29.2 Å². The summed E-state index contributed by atoms with van der Waals surface area (Å²) >= 11 is 1.78. The number of thiophene rings is 1. The minimum absolute atomic E-state index is 0.0581. The van der Waals surface area contributed by atoms with Crippen molar-refractivity contribution in [3.63, 3.8) is 0 Å². The van der Waals surface area contributed by atoms with Crippen molar-refractivity contribution in [1.29, 1.82) is 0 Å². The number of rotatable bonds is 6. The van der Waals surface area contributed by atoms with Crippen LogP contribution in [0.5, 0.6) is 0 Å². The van der Waals surface area contributed by atoms with Crippen LogP contribution in [0.1, 0.15) is 43.0 Å². The van der Waals surface area contributed by atoms with Gasteiger partial charge < -0.3 is 5.11 Å². The zero-order valence-corrected chi connectivity index (χ0v) is 11.8. The van der Waals surface area contributed by atoms with Crippen molar-refractivity contribution in [1.82, 2.24) is 4.90 Å². The summed E-state index contributed by atoms with van der Waals surface area (Å²) in [6.45, 7) is 4.41. The van der Waals surface area contributed by atoms with Crippen molar-refractivity contribution in [2.24, 2.45) is 0 Å². The molecule has 0 aromatic carbocycles. The molecule has 2 rings (SSSR count). The van der Waals surface area contributed by atoms with Crippen molar-refractivity contribution >= 4 is 11.3 Å². The summed E-state index contributed by atoms with van der Waals surface area (Å²) < 4.78 is 0. The van der Waals surface area contributed by atoms with Gasteiger partial charge in [-0.25, -0.2) is 0 Å². The summed E-state index contributed by atoms with van der Waals surface area (Å²) in [4.78, 5) is 3.94. The van der Waals surface area contributed by atoms with Crippen LogP contribution in [0.4, 0.5) is 0 Å². The molecule has 0 aliphatic heterocycles. The van der Waals surface area contributed by atoms with Gasteiger partial charge in [0.2, 0.25) is 0 Å². The fourth-order valence-corrected chi connectivity index (χ4v) is 2.94. The Kier molecular flexibility index (Phi) is 5.25. The largest absolute Gasteiger partial charge is 0.384 e. The third-order valence-electron chi connectivity index (χ3n) is 3.26. The molecule has 1 aliphatic rings. The number of nitrogens with zero attached hydrogens (tertiary/aromatic N) is 1. The SMILES string of the molecule is CCCCN(Cc1sccc1C#CCO)C1CC1. The van der Waals surface area contributed by atoms with E-state index in [1.54, 1.807) is 11.3 Å². The molecule has 0 amide bonds. The van der Waals surface area contributed by atoms with Crippen molar-refractivity contribution in [3.8, 4) is 11.8 Å². The van der Waals surface area contributed by atoms with E-state index in [4.69, 9.17) is 5.11 Å². The van der Waals surface area contributed by atoms with Gasteiger partial charge >= 0.3 is 0 Å². The molecule has 0 spiro atoms. The Hall–Kier alpha value is -0.820. The molecule has 98 valence electrons. The molecule has 1 saturated carbocycles. The Balaban J connectivity index is 1.99. The second-order valence-corrected chi connectivity index (χ2v) is 5.77. The van der Waals surface area contributed by atoms with Crippen molar-refractivity contribution in [2.45, 2.75) is 45.2 Å². The van der Waals surface area contributed by atoms with E-state index in [9.17, 15) is 0 Å². The van der Waals surface area contributed by atoms with Crippen molar-refractivity contribution in [2.75, 3.05) is 13.2 Å². The third-order valence-corrected chi connectivity index (χ3v) is 4.16. The van der Waals surface area contributed by atoms with E-state index in [-0.39, 0.29) is 6.61 Å². The minimum atomic E-state index is -0.0581. The van der Waals surface area contributed by atoms with E-state index in [0.717, 1.165) is 18.2 Å². The third kappa shape index (κ3) is 3.84. The maximum atomic E-state index is 8.77. The van der Waals surface area contributed by atoms with E-state index in [2.05, 4.69) is 35.1 Å². The van der Waals surface area contributed by atoms with Crippen LogP contribution in [0.2, 0.25) is 0 Å². The number of aliphatic hydroxyl groups is 1. The molecule has 3 heteroatoms. The van der Waals surface area contributed by atoms with Crippen molar-refractivity contribution < 1.29 is 5.11 Å². The summed E-state index contributed by atoms with van der Waals surface area (Å²) in [5.41, 5.74) is 1.09. The monoisotopic (exact) mass is 263 g/mol. The molecule has 1 aromatic rings. The lowest BCUT2D eigenvalue weighted by atomic mass is 10.2. The summed E-state index contributed by atoms with van der Waals surface area (Å²) in [5.74, 6) is 5.79. The summed E-state index contributed by atoms with van der Waals surface area (Å²) in [6, 6.07) is 2.87. The van der Waals surface area contributed by atoms with Gasteiger partial charge in [-0.2, -0.15) is 0 Å². The first kappa shape index (κ1) is 13.6. The molecule has 1 heterocycles. The lowest BCUT2D eigenvalue weighted by Crippen LogP contribution is -2.26. The van der Waals surface area contributed by atoms with Gasteiger partial charge in [0, 0.05) is 23.0 Å². The predicted molar refractivity (Wildman–Crippen MR) is 76.6 cm³/mol. The highest BCUT2D eigenvalue weighted by molar-refractivity contribution is 7.10. The Morgan fingerprint density at radius 1 is 1.50 bits per heavy atom. The second kappa shape index (κ2) is 6.94. The second-order valence-electron chi connectivity index (χ2n) is 4.77. The van der Waals surface area contributed by atoms with E-state index in [1.807, 2.05) is 0 Å². The molecular weight excluding hydrogens is 242 g/mol. The highest BCUT2D eigenvalue weighted by Gasteiger charge is 2.28. The lowest BCUT2D eigenvalue weighted by molar-refractivity contribution is 0.253. The molecule has 1 fully saturated rings. The average molecular weight is 263 g/mol. The number of hydrogen-bond donors (Lipinski definition) is 1. The van der Waals surface area contributed by atoms with E-state index < -0.39 is 0 Å².